The Kier molecular flexibility index (Phi) is 21.1. The van der Waals surface area contributed by atoms with Gasteiger partial charge in [-0.2, -0.15) is 31.6 Å². The molecule has 22 aromatic rings. The first-order valence-corrected chi connectivity index (χ1v) is 40.7. The molecule has 22 rings (SSSR count). The molecule has 2 radical (unpaired) electrons. The van der Waals surface area contributed by atoms with Crippen molar-refractivity contribution in [2.75, 3.05) is 9.80 Å². The van der Waals surface area contributed by atoms with Crippen LogP contribution in [0.1, 0.15) is 34.2 Å². The van der Waals surface area contributed by atoms with Gasteiger partial charge in [-0.05, 0) is 181 Å². The number of fused-ring (bicyclic) bond motifs is 17. The van der Waals surface area contributed by atoms with Crippen LogP contribution in [0.25, 0.3) is 159 Å². The van der Waals surface area contributed by atoms with Gasteiger partial charge in [-0.25, -0.2) is 29.9 Å². The van der Waals surface area contributed by atoms with E-state index in [9.17, 15) is 31.6 Å². The molecule has 18 heteroatoms. The molecule has 0 saturated carbocycles. The molecule has 0 aliphatic carbocycles. The number of para-hydroxylation sites is 2. The highest BCUT2D eigenvalue weighted by Gasteiger charge is 2.26. The second-order valence-corrected chi connectivity index (χ2v) is 29.8. The van der Waals surface area contributed by atoms with E-state index >= 15 is 0 Å². The number of hydrogen-bond donors (Lipinski definition) is 0. The summed E-state index contributed by atoms with van der Waals surface area (Å²) in [7, 11) is 6.97. The van der Waals surface area contributed by atoms with Crippen LogP contribution in [0.5, 0.6) is 0 Å². The molecule has 4 aromatic heterocycles. The van der Waals surface area contributed by atoms with Crippen molar-refractivity contribution in [1.29, 1.82) is 31.6 Å². The Bertz CT molecular complexity index is 7720. The average molecular weight is 1630 g/mol. The summed E-state index contributed by atoms with van der Waals surface area (Å²) < 4.78 is 5.25. The van der Waals surface area contributed by atoms with Gasteiger partial charge in [0.2, 0.25) is 0 Å². The van der Waals surface area contributed by atoms with E-state index in [2.05, 4.69) is 436 Å². The second kappa shape index (κ2) is 34.0. The zero-order chi connectivity index (χ0) is 85.7. The number of rotatable bonds is 10. The molecule has 0 N–H and O–H groups in total. The minimum Gasteiger partial charge on any atom is -0.344 e. The van der Waals surface area contributed by atoms with Gasteiger partial charge in [-0.1, -0.05) is 285 Å². The van der Waals surface area contributed by atoms with Gasteiger partial charge in [-0.3, -0.25) is 0 Å². The van der Waals surface area contributed by atoms with Gasteiger partial charge in [0, 0.05) is 50.0 Å². The Morgan fingerprint density at radius 3 is 0.810 bits per heavy atom. The fourth-order valence-electron chi connectivity index (χ4n) is 17.1. The summed E-state index contributed by atoms with van der Waals surface area (Å²) in [6, 6.07) is 144. The molecule has 0 fully saturated rings. The average Bonchev–Trinajstić information content (AvgIpc) is 1.59. The molecule has 16 nitrogen and oxygen atoms in total. The van der Waals surface area contributed by atoms with Crippen molar-refractivity contribution in [2.45, 2.75) is 0 Å². The van der Waals surface area contributed by atoms with Crippen molar-refractivity contribution in [3.63, 3.8) is 0 Å². The Morgan fingerprint density at radius 2 is 0.492 bits per heavy atom. The monoisotopic (exact) mass is 1620 g/mol. The van der Waals surface area contributed by atoms with E-state index in [0.717, 1.165) is 39.8 Å². The molecule has 0 saturated heterocycles. The number of nitrogens with zero attached hydrogens (tertiary/aromatic N) is 16. The molecule has 582 valence electrons. The number of benzene rings is 18. The zero-order valence-corrected chi connectivity index (χ0v) is 68.0. The maximum atomic E-state index is 9.29. The molecular formula is C108H62BN16P. The van der Waals surface area contributed by atoms with E-state index in [0.29, 0.717) is 0 Å². The lowest BCUT2D eigenvalue weighted by Gasteiger charge is -2.27. The topological polar surface area (TPSA) is 244 Å². The minimum atomic E-state index is -0.294. The van der Waals surface area contributed by atoms with Crippen LogP contribution in [-0.4, -0.2) is 42.5 Å². The van der Waals surface area contributed by atoms with E-state index in [1.165, 1.54) is 120 Å². The second-order valence-electron chi connectivity index (χ2n) is 29.5. The predicted molar refractivity (Wildman–Crippen MR) is 508 cm³/mol. The van der Waals surface area contributed by atoms with Crippen LogP contribution in [0.2, 0.25) is 0 Å². The highest BCUT2D eigenvalue weighted by Crippen LogP contribution is 2.48. The van der Waals surface area contributed by atoms with Crippen LogP contribution in [0.15, 0.2) is 375 Å². The summed E-state index contributed by atoms with van der Waals surface area (Å²) in [4.78, 5) is 29.4. The molecular weight excluding hydrogens is 1560 g/mol. The van der Waals surface area contributed by atoms with Gasteiger partial charge in [0.1, 0.15) is 69.5 Å². The highest BCUT2D eigenvalue weighted by molar-refractivity contribution is 7.05. The largest absolute Gasteiger partial charge is 0.344 e. The van der Waals surface area contributed by atoms with Gasteiger partial charge in [-0.15, -0.1) is 0 Å². The van der Waals surface area contributed by atoms with Crippen LogP contribution in [-0.2, 0) is 0 Å². The van der Waals surface area contributed by atoms with Gasteiger partial charge in [0.05, 0.1) is 22.4 Å². The summed E-state index contributed by atoms with van der Waals surface area (Å²) in [5.41, 5.74) is 15.9. The van der Waals surface area contributed by atoms with Crippen LogP contribution in [0.4, 0.5) is 34.1 Å². The minimum absolute atomic E-state index is 0.0237. The number of hydrogen-bond acceptors (Lipinski definition) is 15. The quantitative estimate of drug-likeness (QED) is 0.0535. The SMILES string of the molecule is N#Cc1nc2c3nc(C#N)c(C#N)nc3c3nc(C#N)c(C#N)nc3c2nc1C#N.[B]N=P.c1ccc(-c2c3ccccc3c(-c3ccc(-n4c5ccc6ccccc6c5c5c6ccccc6ccc54)cc3)c3ccccc23)cc1.c1ccc(N(c2ccc(-c3ccc(N(c4ccccc4)c4cccc5ccccc45)cc3)cc2)c2cccc3ccccc23)cc1. The van der Waals surface area contributed by atoms with Crippen LogP contribution >= 0.6 is 9.03 Å². The Labute approximate surface area is 726 Å². The van der Waals surface area contributed by atoms with E-state index in [4.69, 9.17) is 0 Å². The third kappa shape index (κ3) is 14.1. The summed E-state index contributed by atoms with van der Waals surface area (Å²) in [5.74, 6) is 0. The molecule has 126 heavy (non-hydrogen) atoms. The van der Waals surface area contributed by atoms with Crippen molar-refractivity contribution < 1.29 is 0 Å². The van der Waals surface area contributed by atoms with Gasteiger partial charge in [0.15, 0.2) is 34.2 Å². The van der Waals surface area contributed by atoms with E-state index in [1.54, 1.807) is 36.4 Å². The van der Waals surface area contributed by atoms with Crippen molar-refractivity contribution in [1.82, 2.24) is 34.5 Å². The first-order chi connectivity index (χ1) is 62.2. The summed E-state index contributed by atoms with van der Waals surface area (Å²) >= 11 is 0. The van der Waals surface area contributed by atoms with Gasteiger partial charge in [0.25, 0.3) is 7.98 Å². The Balaban J connectivity index is 0.000000125. The van der Waals surface area contributed by atoms with E-state index in [-0.39, 0.29) is 67.3 Å². The van der Waals surface area contributed by atoms with E-state index in [1.807, 2.05) is 0 Å². The lowest BCUT2D eigenvalue weighted by atomic mass is 9.86. The van der Waals surface area contributed by atoms with E-state index < -0.39 is 0 Å². The molecule has 18 aromatic carbocycles. The van der Waals surface area contributed by atoms with Crippen LogP contribution < -0.4 is 9.80 Å². The maximum Gasteiger partial charge on any atom is 0.265 e. The molecule has 0 atom stereocenters. The van der Waals surface area contributed by atoms with Gasteiger partial charge < -0.3 is 19.0 Å². The molecule has 4 heterocycles. The lowest BCUT2D eigenvalue weighted by molar-refractivity contribution is 1.15. The standard InChI is InChI=1S/C46H29N.C44H32N2.C18N12.BHNP/c1-2-14-32(15-3-1)43-37-18-8-10-20-39(37)44(40-21-11-9-19-38(40)43)33-22-26-34(27-23-33)47-41-28-24-30-12-4-6-16-35(30)45(41)46-36-17-7-5-13-31(36)25-29-42(46)47;1-3-17-37(18-4-1)45(43-23-11-15-35-13-7-9-21-41(35)43)39-29-25-33(26-30-39)34-27-31-40(32-28-34)46(38-19-5-2-6-20-38)44-24-12-16-36-14-8-10-22-42(36)44;19-1-7-8(2-20)26-14-13(25-7)15-17(29-10(4-22)9(3-21)27-15)18-16(14)28-11(5-23)12(6-24)30-18;1-2-3/h1-29H;1-32H;;3H. The first kappa shape index (κ1) is 77.9. The number of anilines is 6. The van der Waals surface area contributed by atoms with Crippen LogP contribution in [0, 0.1) is 68.0 Å². The zero-order valence-electron chi connectivity index (χ0n) is 67.0. The van der Waals surface area contributed by atoms with Crippen LogP contribution in [0.3, 0.4) is 0 Å². The molecule has 0 unspecified atom stereocenters. The van der Waals surface area contributed by atoms with Crippen molar-refractivity contribution in [3.05, 3.63) is 404 Å². The summed E-state index contributed by atoms with van der Waals surface area (Å²) in [6.07, 6.45) is 0. The summed E-state index contributed by atoms with van der Waals surface area (Å²) in [6.45, 7) is 0. The predicted octanol–water partition coefficient (Wildman–Crippen LogP) is 26.5. The molecule has 0 amide bonds. The molecule has 0 aliphatic heterocycles. The highest BCUT2D eigenvalue weighted by atomic mass is 31.0. The number of aromatic nitrogens is 7. The first-order valence-electron chi connectivity index (χ1n) is 40.2. The number of nitriles is 6. The normalized spacial score (nSPS) is 10.9. The fourth-order valence-corrected chi connectivity index (χ4v) is 17.1. The third-order valence-corrected chi connectivity index (χ3v) is 22.6. The summed E-state index contributed by atoms with van der Waals surface area (Å²) in [5, 5.41) is 73.4. The molecule has 0 spiro atoms. The lowest BCUT2D eigenvalue weighted by Crippen LogP contribution is -2.10. The Morgan fingerprint density at radius 1 is 0.246 bits per heavy atom. The Hall–Kier alpha value is -18.0. The van der Waals surface area contributed by atoms with Crippen molar-refractivity contribution in [2.24, 2.45) is 4.66 Å². The third-order valence-electron chi connectivity index (χ3n) is 22.6. The smallest absolute Gasteiger partial charge is 0.265 e. The molecule has 0 aliphatic rings. The van der Waals surface area contributed by atoms with Gasteiger partial charge >= 0.3 is 0 Å². The van der Waals surface area contributed by atoms with Crippen molar-refractivity contribution in [3.8, 4) is 75.5 Å². The fraction of sp³-hybridized carbons (Fsp3) is 0. The van der Waals surface area contributed by atoms with Crippen molar-refractivity contribution >= 4 is 171 Å². The molecule has 0 bridgehead atoms. The maximum absolute atomic E-state index is 9.29.